The van der Waals surface area contributed by atoms with Crippen LogP contribution in [0.4, 0.5) is 11.4 Å². The second-order valence-electron chi connectivity index (χ2n) is 8.38. The summed E-state index contributed by atoms with van der Waals surface area (Å²) in [5.41, 5.74) is 3.74. The molecule has 6 nitrogen and oxygen atoms in total. The Hall–Kier alpha value is -2.86. The molecule has 2 aliphatic heterocycles. The number of nitrogens with one attached hydrogen (secondary N) is 1. The van der Waals surface area contributed by atoms with Crippen molar-refractivity contribution in [2.75, 3.05) is 30.0 Å². The Morgan fingerprint density at radius 3 is 2.74 bits per heavy atom. The second-order valence-corrected chi connectivity index (χ2v) is 8.38. The molecule has 4 rings (SSSR count). The van der Waals surface area contributed by atoms with Gasteiger partial charge in [0.15, 0.2) is 0 Å². The summed E-state index contributed by atoms with van der Waals surface area (Å²) in [6, 6.07) is 13.3. The van der Waals surface area contributed by atoms with E-state index in [-0.39, 0.29) is 17.9 Å². The van der Waals surface area contributed by atoms with Crippen LogP contribution in [0.15, 0.2) is 42.5 Å². The summed E-state index contributed by atoms with van der Waals surface area (Å²) in [5, 5.41) is 2.91. The van der Waals surface area contributed by atoms with Gasteiger partial charge in [-0.2, -0.15) is 0 Å². The lowest BCUT2D eigenvalue weighted by Gasteiger charge is -2.23. The SMILES string of the molecule is Cc1ccc(N2CCC(C(=O)Nc3ccccc3OCC3CCCCO3)C2=O)cc1C. The van der Waals surface area contributed by atoms with Gasteiger partial charge in [0, 0.05) is 18.8 Å². The van der Waals surface area contributed by atoms with E-state index in [0.717, 1.165) is 37.1 Å². The molecular weight excluding hydrogens is 392 g/mol. The van der Waals surface area contributed by atoms with Crippen molar-refractivity contribution in [1.82, 2.24) is 0 Å². The highest BCUT2D eigenvalue weighted by Gasteiger charge is 2.38. The van der Waals surface area contributed by atoms with Crippen LogP contribution in [0.1, 0.15) is 36.8 Å². The van der Waals surface area contributed by atoms with Crippen molar-refractivity contribution in [2.45, 2.75) is 45.6 Å². The van der Waals surface area contributed by atoms with E-state index in [1.165, 1.54) is 5.56 Å². The minimum atomic E-state index is -0.698. The molecule has 2 aromatic rings. The van der Waals surface area contributed by atoms with Crippen molar-refractivity contribution in [3.05, 3.63) is 53.6 Å². The highest BCUT2D eigenvalue weighted by Crippen LogP contribution is 2.30. The second kappa shape index (κ2) is 9.52. The van der Waals surface area contributed by atoms with Crippen LogP contribution in [0, 0.1) is 19.8 Å². The van der Waals surface area contributed by atoms with E-state index >= 15 is 0 Å². The third-order valence-corrected chi connectivity index (χ3v) is 6.17. The zero-order chi connectivity index (χ0) is 21.8. The summed E-state index contributed by atoms with van der Waals surface area (Å²) < 4.78 is 11.7. The molecular formula is C25H30N2O4. The van der Waals surface area contributed by atoms with E-state index in [0.29, 0.717) is 31.0 Å². The van der Waals surface area contributed by atoms with Crippen molar-refractivity contribution in [1.29, 1.82) is 0 Å². The van der Waals surface area contributed by atoms with Gasteiger partial charge in [0.05, 0.1) is 11.8 Å². The zero-order valence-electron chi connectivity index (χ0n) is 18.2. The smallest absolute Gasteiger partial charge is 0.239 e. The Labute approximate surface area is 183 Å². The Morgan fingerprint density at radius 2 is 1.97 bits per heavy atom. The van der Waals surface area contributed by atoms with Gasteiger partial charge in [-0.3, -0.25) is 9.59 Å². The summed E-state index contributed by atoms with van der Waals surface area (Å²) in [6.07, 6.45) is 3.81. The first-order chi connectivity index (χ1) is 15.0. The Balaban J connectivity index is 1.40. The van der Waals surface area contributed by atoms with Crippen molar-refractivity contribution < 1.29 is 19.1 Å². The largest absolute Gasteiger partial charge is 0.489 e. The fourth-order valence-electron chi connectivity index (χ4n) is 4.11. The van der Waals surface area contributed by atoms with Crippen LogP contribution in [0.3, 0.4) is 0 Å². The van der Waals surface area contributed by atoms with Gasteiger partial charge < -0.3 is 19.7 Å². The minimum Gasteiger partial charge on any atom is -0.489 e. The molecule has 2 atom stereocenters. The van der Waals surface area contributed by atoms with E-state index in [9.17, 15) is 9.59 Å². The van der Waals surface area contributed by atoms with Gasteiger partial charge in [-0.05, 0) is 74.9 Å². The van der Waals surface area contributed by atoms with E-state index < -0.39 is 5.92 Å². The van der Waals surface area contributed by atoms with Gasteiger partial charge in [0.1, 0.15) is 18.3 Å². The normalized spacial score (nSPS) is 21.2. The quantitative estimate of drug-likeness (QED) is 0.707. The first kappa shape index (κ1) is 21.4. The van der Waals surface area contributed by atoms with Crippen molar-refractivity contribution >= 4 is 23.2 Å². The third-order valence-electron chi connectivity index (χ3n) is 6.17. The summed E-state index contributed by atoms with van der Waals surface area (Å²) in [7, 11) is 0. The number of hydrogen-bond donors (Lipinski definition) is 1. The van der Waals surface area contributed by atoms with Gasteiger partial charge in [-0.15, -0.1) is 0 Å². The van der Waals surface area contributed by atoms with Crippen molar-refractivity contribution in [3.8, 4) is 5.75 Å². The Morgan fingerprint density at radius 1 is 1.13 bits per heavy atom. The molecule has 2 heterocycles. The van der Waals surface area contributed by atoms with Gasteiger partial charge in [0.25, 0.3) is 0 Å². The molecule has 2 saturated heterocycles. The van der Waals surface area contributed by atoms with E-state index in [1.807, 2.05) is 50.2 Å². The fraction of sp³-hybridized carbons (Fsp3) is 0.440. The molecule has 164 valence electrons. The maximum absolute atomic E-state index is 13.0. The van der Waals surface area contributed by atoms with E-state index in [4.69, 9.17) is 9.47 Å². The van der Waals surface area contributed by atoms with Crippen LogP contribution in [-0.4, -0.2) is 37.7 Å². The van der Waals surface area contributed by atoms with Gasteiger partial charge in [0.2, 0.25) is 11.8 Å². The first-order valence-corrected chi connectivity index (χ1v) is 11.1. The number of ether oxygens (including phenoxy) is 2. The van der Waals surface area contributed by atoms with Crippen LogP contribution in [0.5, 0.6) is 5.75 Å². The van der Waals surface area contributed by atoms with Crippen molar-refractivity contribution in [2.24, 2.45) is 5.92 Å². The third kappa shape index (κ3) is 4.90. The molecule has 0 saturated carbocycles. The molecule has 2 aromatic carbocycles. The molecule has 2 amide bonds. The van der Waals surface area contributed by atoms with Crippen LogP contribution in [0.2, 0.25) is 0 Å². The molecule has 0 radical (unpaired) electrons. The molecule has 2 aliphatic rings. The van der Waals surface area contributed by atoms with Gasteiger partial charge >= 0.3 is 0 Å². The lowest BCUT2D eigenvalue weighted by Crippen LogP contribution is -2.33. The number of amides is 2. The number of carbonyl (C=O) groups is 2. The fourth-order valence-corrected chi connectivity index (χ4v) is 4.11. The van der Waals surface area contributed by atoms with Crippen LogP contribution >= 0.6 is 0 Å². The number of nitrogens with zero attached hydrogens (tertiary/aromatic N) is 1. The predicted molar refractivity (Wildman–Crippen MR) is 121 cm³/mol. The zero-order valence-corrected chi connectivity index (χ0v) is 18.2. The topological polar surface area (TPSA) is 67.9 Å². The minimum absolute atomic E-state index is 0.0837. The summed E-state index contributed by atoms with van der Waals surface area (Å²) in [5.74, 6) is -0.547. The lowest BCUT2D eigenvalue weighted by molar-refractivity contribution is -0.129. The van der Waals surface area contributed by atoms with E-state index in [2.05, 4.69) is 5.32 Å². The number of rotatable bonds is 6. The summed E-state index contributed by atoms with van der Waals surface area (Å²) in [6.45, 7) is 5.83. The number of aryl methyl sites for hydroxylation is 2. The highest BCUT2D eigenvalue weighted by molar-refractivity contribution is 6.13. The molecule has 0 aromatic heterocycles. The molecule has 0 aliphatic carbocycles. The Bertz CT molecular complexity index is 952. The maximum Gasteiger partial charge on any atom is 0.239 e. The van der Waals surface area contributed by atoms with Gasteiger partial charge in [-0.1, -0.05) is 18.2 Å². The molecule has 6 heteroatoms. The van der Waals surface area contributed by atoms with E-state index in [1.54, 1.807) is 11.0 Å². The standard InChI is InChI=1S/C25H30N2O4/c1-17-10-11-19(15-18(17)2)27-13-12-21(25(27)29)24(28)26-22-8-3-4-9-23(22)31-16-20-7-5-6-14-30-20/h3-4,8-11,15,20-21H,5-7,12-14,16H2,1-2H3,(H,26,28). The summed E-state index contributed by atoms with van der Waals surface area (Å²) >= 11 is 0. The Kier molecular flexibility index (Phi) is 6.56. The number of anilines is 2. The molecule has 0 bridgehead atoms. The molecule has 2 unspecified atom stereocenters. The van der Waals surface area contributed by atoms with Gasteiger partial charge in [-0.25, -0.2) is 0 Å². The number of hydrogen-bond acceptors (Lipinski definition) is 4. The van der Waals surface area contributed by atoms with Crippen LogP contribution in [-0.2, 0) is 14.3 Å². The number of benzene rings is 2. The highest BCUT2D eigenvalue weighted by atomic mass is 16.5. The molecule has 2 fully saturated rings. The number of para-hydroxylation sites is 2. The molecule has 0 spiro atoms. The average molecular weight is 423 g/mol. The van der Waals surface area contributed by atoms with Crippen LogP contribution < -0.4 is 15.0 Å². The number of carbonyl (C=O) groups excluding carboxylic acids is 2. The molecule has 1 N–H and O–H groups in total. The first-order valence-electron chi connectivity index (χ1n) is 11.1. The predicted octanol–water partition coefficient (Wildman–Crippen LogP) is 4.24. The molecule has 31 heavy (non-hydrogen) atoms. The lowest BCUT2D eigenvalue weighted by atomic mass is 10.1. The van der Waals surface area contributed by atoms with Crippen LogP contribution in [0.25, 0.3) is 0 Å². The summed E-state index contributed by atoms with van der Waals surface area (Å²) in [4.78, 5) is 27.6. The maximum atomic E-state index is 13.0. The monoisotopic (exact) mass is 422 g/mol. The average Bonchev–Trinajstić information content (AvgIpc) is 3.17. The van der Waals surface area contributed by atoms with Crippen molar-refractivity contribution in [3.63, 3.8) is 0 Å².